The number of hydrogen-bond donors (Lipinski definition) is 2. The summed E-state index contributed by atoms with van der Waals surface area (Å²) in [5.74, 6) is -2.93. The number of benzene rings is 1. The number of likely N-dealkylation sites (tertiary alicyclic amines) is 1. The van der Waals surface area contributed by atoms with Gasteiger partial charge in [-0.2, -0.15) is 0 Å². The number of aromatic nitrogens is 1. The minimum atomic E-state index is -0.917. The molecule has 0 aliphatic carbocycles. The van der Waals surface area contributed by atoms with Crippen molar-refractivity contribution in [1.29, 1.82) is 0 Å². The topological polar surface area (TPSA) is 65.2 Å². The summed E-state index contributed by atoms with van der Waals surface area (Å²) in [6.07, 6.45) is 2.98. The van der Waals surface area contributed by atoms with Crippen molar-refractivity contribution in [2.45, 2.75) is 18.9 Å². The Labute approximate surface area is 154 Å². The van der Waals surface area contributed by atoms with Crippen LogP contribution in [0.5, 0.6) is 0 Å². The van der Waals surface area contributed by atoms with Crippen molar-refractivity contribution in [1.82, 2.24) is 15.2 Å². The van der Waals surface area contributed by atoms with Gasteiger partial charge in [0.1, 0.15) is 17.3 Å². The first kappa shape index (κ1) is 18.5. The van der Waals surface area contributed by atoms with Gasteiger partial charge in [-0.3, -0.25) is 9.59 Å². The average Bonchev–Trinajstić information content (AvgIpc) is 3.11. The third-order valence-electron chi connectivity index (χ3n) is 4.51. The number of halogens is 3. The van der Waals surface area contributed by atoms with E-state index in [-0.39, 0.29) is 23.2 Å². The Morgan fingerprint density at radius 3 is 2.58 bits per heavy atom. The molecule has 2 heterocycles. The predicted molar refractivity (Wildman–Crippen MR) is 93.6 cm³/mol. The largest absolute Gasteiger partial charge is 0.356 e. The van der Waals surface area contributed by atoms with Crippen LogP contribution in [0.25, 0.3) is 0 Å². The Kier molecular flexibility index (Phi) is 5.38. The van der Waals surface area contributed by atoms with E-state index in [9.17, 15) is 18.4 Å². The van der Waals surface area contributed by atoms with E-state index in [2.05, 4.69) is 15.2 Å². The van der Waals surface area contributed by atoms with Crippen molar-refractivity contribution in [2.24, 2.45) is 0 Å². The molecule has 8 heteroatoms. The molecule has 0 unspecified atom stereocenters. The number of piperidine rings is 1. The summed E-state index contributed by atoms with van der Waals surface area (Å²) in [5, 5.41) is 2.34. The summed E-state index contributed by atoms with van der Waals surface area (Å²) in [6, 6.07) is 3.07. The second kappa shape index (κ2) is 7.55. The van der Waals surface area contributed by atoms with E-state index in [4.69, 9.17) is 11.6 Å². The minimum absolute atomic E-state index is 0.0323. The lowest BCUT2D eigenvalue weighted by Crippen LogP contribution is -2.43. The smallest absolute Gasteiger partial charge is 0.267 e. The van der Waals surface area contributed by atoms with Crippen LogP contribution < -0.4 is 5.32 Å². The monoisotopic (exact) mass is 381 g/mol. The Bertz CT molecular complexity index is 845. The zero-order chi connectivity index (χ0) is 18.8. The number of H-pyrrole nitrogens is 1. The van der Waals surface area contributed by atoms with Gasteiger partial charge in [0.05, 0.1) is 10.6 Å². The Morgan fingerprint density at radius 1 is 1.23 bits per heavy atom. The molecule has 1 amide bonds. The summed E-state index contributed by atoms with van der Waals surface area (Å²) in [5.41, 5.74) is -0.335. The summed E-state index contributed by atoms with van der Waals surface area (Å²) < 4.78 is 27.4. The highest BCUT2D eigenvalue weighted by atomic mass is 35.5. The average molecular weight is 382 g/mol. The molecular formula is C18H18ClF2N3O2. The quantitative estimate of drug-likeness (QED) is 0.632. The first-order valence-corrected chi connectivity index (χ1v) is 8.60. The lowest BCUT2D eigenvalue weighted by Gasteiger charge is -2.29. The molecule has 0 bridgehead atoms. The fraction of sp³-hybridized carbons (Fsp3) is 0.333. The molecule has 5 nitrogen and oxygen atoms in total. The van der Waals surface area contributed by atoms with Gasteiger partial charge in [0, 0.05) is 17.8 Å². The van der Waals surface area contributed by atoms with Gasteiger partial charge in [-0.25, -0.2) is 8.78 Å². The first-order valence-electron chi connectivity index (χ1n) is 8.23. The number of nitrogens with one attached hydrogen (secondary N) is 2. The fourth-order valence-electron chi connectivity index (χ4n) is 2.95. The Hall–Kier alpha value is -2.25. The number of carbonyl (C=O) groups is 2. The van der Waals surface area contributed by atoms with Gasteiger partial charge in [0.2, 0.25) is 0 Å². The summed E-state index contributed by atoms with van der Waals surface area (Å²) in [7, 11) is 2.03. The van der Waals surface area contributed by atoms with Gasteiger partial charge in [-0.1, -0.05) is 11.6 Å². The van der Waals surface area contributed by atoms with Crippen molar-refractivity contribution >= 4 is 23.3 Å². The molecule has 1 aliphatic rings. The summed E-state index contributed by atoms with van der Waals surface area (Å²) in [6.45, 7) is 1.80. The maximum absolute atomic E-state index is 13.9. The van der Waals surface area contributed by atoms with Crippen LogP contribution in [0, 0.1) is 11.6 Å². The van der Waals surface area contributed by atoms with E-state index in [0.717, 1.165) is 38.1 Å². The van der Waals surface area contributed by atoms with Crippen LogP contribution >= 0.6 is 11.6 Å². The number of aromatic amines is 1. The van der Waals surface area contributed by atoms with Crippen molar-refractivity contribution in [3.8, 4) is 0 Å². The Balaban J connectivity index is 1.74. The summed E-state index contributed by atoms with van der Waals surface area (Å²) >= 11 is 5.72. The number of hydrogen-bond acceptors (Lipinski definition) is 3. The molecule has 2 aromatic rings. The standard InChI is InChI=1S/C18H18ClF2N3O2/c1-24-6-4-11(5-7-24)23-18(26)14-8-10(9-22-14)17(25)15-12(20)2-3-13(21)16(15)19/h2-3,8-9,11,22H,4-7H2,1H3,(H,23,26). The first-order chi connectivity index (χ1) is 12.4. The second-order valence-electron chi connectivity index (χ2n) is 6.40. The zero-order valence-corrected chi connectivity index (χ0v) is 14.9. The van der Waals surface area contributed by atoms with E-state index in [1.807, 2.05) is 7.05 Å². The molecule has 1 aromatic heterocycles. The van der Waals surface area contributed by atoms with Gasteiger partial charge >= 0.3 is 0 Å². The van der Waals surface area contributed by atoms with Gasteiger partial charge in [0.25, 0.3) is 5.91 Å². The normalized spacial score (nSPS) is 15.8. The second-order valence-corrected chi connectivity index (χ2v) is 6.78. The molecule has 138 valence electrons. The fourth-order valence-corrected chi connectivity index (χ4v) is 3.19. The molecule has 0 spiro atoms. The molecule has 1 aliphatic heterocycles. The van der Waals surface area contributed by atoms with Gasteiger partial charge in [-0.05, 0) is 51.2 Å². The zero-order valence-electron chi connectivity index (χ0n) is 14.1. The van der Waals surface area contributed by atoms with E-state index in [1.54, 1.807) is 0 Å². The molecule has 1 aromatic carbocycles. The molecule has 3 rings (SSSR count). The predicted octanol–water partition coefficient (Wildman–Crippen LogP) is 3.00. The van der Waals surface area contributed by atoms with Gasteiger partial charge in [-0.15, -0.1) is 0 Å². The molecule has 1 saturated heterocycles. The Morgan fingerprint density at radius 2 is 1.88 bits per heavy atom. The number of amides is 1. The van der Waals surface area contributed by atoms with Crippen LogP contribution in [0.1, 0.15) is 39.3 Å². The molecule has 1 fully saturated rings. The number of rotatable bonds is 4. The number of nitrogens with zero attached hydrogens (tertiary/aromatic N) is 1. The molecule has 2 N–H and O–H groups in total. The van der Waals surface area contributed by atoms with Crippen LogP contribution in [0.3, 0.4) is 0 Å². The van der Waals surface area contributed by atoms with E-state index in [0.29, 0.717) is 0 Å². The molecule has 0 saturated carbocycles. The van der Waals surface area contributed by atoms with Crippen molar-refractivity contribution in [2.75, 3.05) is 20.1 Å². The third-order valence-corrected chi connectivity index (χ3v) is 4.88. The van der Waals surface area contributed by atoms with Crippen LogP contribution in [0.15, 0.2) is 24.4 Å². The highest BCUT2D eigenvalue weighted by Crippen LogP contribution is 2.25. The van der Waals surface area contributed by atoms with Crippen LogP contribution in [0.2, 0.25) is 5.02 Å². The minimum Gasteiger partial charge on any atom is -0.356 e. The van der Waals surface area contributed by atoms with E-state index in [1.165, 1.54) is 12.3 Å². The number of carbonyl (C=O) groups excluding carboxylic acids is 2. The lowest BCUT2D eigenvalue weighted by atomic mass is 10.0. The molecule has 0 radical (unpaired) electrons. The number of ketones is 1. The van der Waals surface area contributed by atoms with Crippen molar-refractivity contribution in [3.05, 3.63) is 57.9 Å². The van der Waals surface area contributed by atoms with Crippen molar-refractivity contribution in [3.63, 3.8) is 0 Å². The highest BCUT2D eigenvalue weighted by molar-refractivity contribution is 6.35. The van der Waals surface area contributed by atoms with Crippen LogP contribution in [-0.2, 0) is 0 Å². The van der Waals surface area contributed by atoms with Gasteiger partial charge in [0.15, 0.2) is 5.78 Å². The van der Waals surface area contributed by atoms with Gasteiger partial charge < -0.3 is 15.2 Å². The highest BCUT2D eigenvalue weighted by Gasteiger charge is 2.24. The molecule has 26 heavy (non-hydrogen) atoms. The van der Waals surface area contributed by atoms with E-state index < -0.39 is 28.0 Å². The van der Waals surface area contributed by atoms with Crippen LogP contribution in [-0.4, -0.2) is 47.8 Å². The molecule has 0 atom stereocenters. The maximum Gasteiger partial charge on any atom is 0.267 e. The summed E-state index contributed by atoms with van der Waals surface area (Å²) in [4.78, 5) is 29.7. The van der Waals surface area contributed by atoms with Crippen LogP contribution in [0.4, 0.5) is 8.78 Å². The van der Waals surface area contributed by atoms with E-state index >= 15 is 0 Å². The maximum atomic E-state index is 13.9. The SMILES string of the molecule is CN1CCC(NC(=O)c2cc(C(=O)c3c(F)ccc(F)c3Cl)c[nH]2)CC1. The van der Waals surface area contributed by atoms with Crippen molar-refractivity contribution < 1.29 is 18.4 Å². The third kappa shape index (κ3) is 3.78. The lowest BCUT2D eigenvalue weighted by molar-refractivity contribution is 0.0912. The molecular weight excluding hydrogens is 364 g/mol.